The number of carbonyl (C=O) groups excluding carboxylic acids is 1. The number of hydrogen-bond donors (Lipinski definition) is 4. The molecule has 0 aromatic heterocycles. The summed E-state index contributed by atoms with van der Waals surface area (Å²) in [7, 11) is 0. The maximum Gasteiger partial charge on any atom is 0.306 e. The zero-order valence-corrected chi connectivity index (χ0v) is 36.3. The molecule has 1 aliphatic rings. The van der Waals surface area contributed by atoms with Crippen LogP contribution in [-0.2, 0) is 23.7 Å². The number of esters is 1. The molecule has 9 nitrogen and oxygen atoms in total. The van der Waals surface area contributed by atoms with E-state index in [2.05, 4.69) is 62.5 Å². The van der Waals surface area contributed by atoms with Crippen LogP contribution in [0.4, 0.5) is 0 Å². The molecule has 0 spiro atoms. The van der Waals surface area contributed by atoms with Crippen molar-refractivity contribution in [1.29, 1.82) is 0 Å². The summed E-state index contributed by atoms with van der Waals surface area (Å²) in [5, 5.41) is 40.0. The van der Waals surface area contributed by atoms with Gasteiger partial charge in [0.1, 0.15) is 30.5 Å². The fourth-order valence-electron chi connectivity index (χ4n) is 6.89. The van der Waals surface area contributed by atoms with Crippen LogP contribution in [0.2, 0.25) is 0 Å². The number of unbranched alkanes of at least 4 members (excludes halogenated alkanes) is 20. The summed E-state index contributed by atoms with van der Waals surface area (Å²) in [5.41, 5.74) is 0. The number of carbonyl (C=O) groups is 1. The Balaban J connectivity index is 2.16. The van der Waals surface area contributed by atoms with Gasteiger partial charge in [0, 0.05) is 13.0 Å². The van der Waals surface area contributed by atoms with Crippen LogP contribution in [-0.4, -0.2) is 89.6 Å². The third kappa shape index (κ3) is 30.8. The molecule has 0 amide bonds. The molecule has 9 heteroatoms. The second kappa shape index (κ2) is 39.6. The molecule has 4 N–H and O–H groups in total. The molecule has 1 heterocycles. The average Bonchev–Trinajstić information content (AvgIpc) is 3.21. The monoisotopic (exact) mass is 807 g/mol. The van der Waals surface area contributed by atoms with Crippen LogP contribution >= 0.6 is 0 Å². The fraction of sp³-hybridized carbons (Fsp3) is 0.812. The Morgan fingerprint density at radius 1 is 0.579 bits per heavy atom. The Kier molecular flexibility index (Phi) is 36.9. The molecule has 57 heavy (non-hydrogen) atoms. The van der Waals surface area contributed by atoms with Gasteiger partial charge in [0.05, 0.1) is 19.8 Å². The smallest absolute Gasteiger partial charge is 0.306 e. The summed E-state index contributed by atoms with van der Waals surface area (Å²) < 4.78 is 22.8. The van der Waals surface area contributed by atoms with E-state index in [0.29, 0.717) is 13.0 Å². The van der Waals surface area contributed by atoms with E-state index < -0.39 is 43.4 Å². The molecular formula is C48H86O9. The van der Waals surface area contributed by atoms with Gasteiger partial charge in [-0.15, -0.1) is 0 Å². The van der Waals surface area contributed by atoms with Gasteiger partial charge < -0.3 is 39.4 Å². The van der Waals surface area contributed by atoms with Crippen LogP contribution in [0, 0.1) is 0 Å². The number of ether oxygens (including phenoxy) is 4. The molecule has 0 aromatic carbocycles. The fourth-order valence-corrected chi connectivity index (χ4v) is 6.89. The summed E-state index contributed by atoms with van der Waals surface area (Å²) in [6, 6.07) is 0. The van der Waals surface area contributed by atoms with Gasteiger partial charge >= 0.3 is 5.97 Å². The normalized spacial score (nSPS) is 20.8. The van der Waals surface area contributed by atoms with Gasteiger partial charge in [-0.25, -0.2) is 0 Å². The maximum absolute atomic E-state index is 12.8. The molecule has 6 atom stereocenters. The number of hydrogen-bond acceptors (Lipinski definition) is 9. The lowest BCUT2D eigenvalue weighted by Crippen LogP contribution is -2.59. The summed E-state index contributed by atoms with van der Waals surface area (Å²) >= 11 is 0. The van der Waals surface area contributed by atoms with Crippen LogP contribution in [0.1, 0.15) is 187 Å². The Labute approximate surface area is 348 Å². The van der Waals surface area contributed by atoms with Gasteiger partial charge in [0.25, 0.3) is 0 Å². The molecule has 1 rings (SSSR count). The molecule has 0 aliphatic carbocycles. The van der Waals surface area contributed by atoms with Crippen molar-refractivity contribution in [3.63, 3.8) is 0 Å². The minimum Gasteiger partial charge on any atom is -0.457 e. The van der Waals surface area contributed by atoms with Crippen LogP contribution in [0.25, 0.3) is 0 Å². The first-order chi connectivity index (χ1) is 27.9. The van der Waals surface area contributed by atoms with Crippen LogP contribution < -0.4 is 0 Å². The zero-order chi connectivity index (χ0) is 41.4. The lowest BCUT2D eigenvalue weighted by molar-refractivity contribution is -0.305. The first-order valence-corrected chi connectivity index (χ1v) is 23.2. The molecule has 332 valence electrons. The third-order valence-electron chi connectivity index (χ3n) is 10.5. The van der Waals surface area contributed by atoms with E-state index in [1.54, 1.807) is 0 Å². The number of aliphatic hydroxyl groups is 4. The average molecular weight is 807 g/mol. The van der Waals surface area contributed by atoms with E-state index in [1.165, 1.54) is 109 Å². The Hall–Kier alpha value is -1.85. The second-order valence-corrected chi connectivity index (χ2v) is 15.8. The quantitative estimate of drug-likeness (QED) is 0.0272. The number of allylic oxidation sites excluding steroid dienone is 8. The molecule has 0 aromatic rings. The van der Waals surface area contributed by atoms with Gasteiger partial charge in [0.15, 0.2) is 6.29 Å². The molecule has 0 bridgehead atoms. The Morgan fingerprint density at radius 3 is 1.61 bits per heavy atom. The molecule has 1 aliphatic heterocycles. The predicted molar refractivity (Wildman–Crippen MR) is 233 cm³/mol. The summed E-state index contributed by atoms with van der Waals surface area (Å²) in [5.74, 6) is -0.317. The van der Waals surface area contributed by atoms with Crippen molar-refractivity contribution in [2.75, 3.05) is 26.4 Å². The highest BCUT2D eigenvalue weighted by Gasteiger charge is 2.44. The highest BCUT2D eigenvalue weighted by atomic mass is 16.7. The highest BCUT2D eigenvalue weighted by Crippen LogP contribution is 2.22. The summed E-state index contributed by atoms with van der Waals surface area (Å²) in [4.78, 5) is 12.8. The van der Waals surface area contributed by atoms with Crippen molar-refractivity contribution in [2.24, 2.45) is 0 Å². The minimum absolute atomic E-state index is 0.113. The number of aliphatic hydroxyl groups excluding tert-OH is 4. The van der Waals surface area contributed by atoms with Crippen LogP contribution in [0.15, 0.2) is 48.6 Å². The number of rotatable bonds is 39. The zero-order valence-electron chi connectivity index (χ0n) is 36.3. The van der Waals surface area contributed by atoms with E-state index in [9.17, 15) is 25.2 Å². The Morgan fingerprint density at radius 2 is 1.07 bits per heavy atom. The van der Waals surface area contributed by atoms with Crippen molar-refractivity contribution in [3.8, 4) is 0 Å². The van der Waals surface area contributed by atoms with Gasteiger partial charge in [-0.2, -0.15) is 0 Å². The predicted octanol–water partition coefficient (Wildman–Crippen LogP) is 10.5. The maximum atomic E-state index is 12.8. The highest BCUT2D eigenvalue weighted by molar-refractivity contribution is 5.69. The van der Waals surface area contributed by atoms with E-state index >= 15 is 0 Å². The first-order valence-electron chi connectivity index (χ1n) is 23.2. The van der Waals surface area contributed by atoms with Gasteiger partial charge in [-0.05, 0) is 51.4 Å². The molecule has 1 saturated heterocycles. The van der Waals surface area contributed by atoms with Gasteiger partial charge in [0.2, 0.25) is 0 Å². The first kappa shape index (κ1) is 53.2. The largest absolute Gasteiger partial charge is 0.457 e. The molecule has 6 unspecified atom stereocenters. The van der Waals surface area contributed by atoms with E-state index in [4.69, 9.17) is 18.9 Å². The van der Waals surface area contributed by atoms with E-state index in [1.807, 2.05) is 0 Å². The van der Waals surface area contributed by atoms with Crippen LogP contribution in [0.3, 0.4) is 0 Å². The minimum atomic E-state index is -1.53. The van der Waals surface area contributed by atoms with Crippen molar-refractivity contribution in [2.45, 2.75) is 224 Å². The lowest BCUT2D eigenvalue weighted by Gasteiger charge is -2.39. The van der Waals surface area contributed by atoms with E-state index in [-0.39, 0.29) is 19.2 Å². The SMILES string of the molecule is CC/C=C\C/C=C\C/C=C\C/C=C\CCCCCCCCCCCCCCC(=O)OC(COCCCCCCCCCCC)COC1OC(CO)C(O)C(O)C1O. The topological polar surface area (TPSA) is 135 Å². The van der Waals surface area contributed by atoms with Crippen molar-refractivity contribution < 1.29 is 44.2 Å². The molecule has 1 fully saturated rings. The van der Waals surface area contributed by atoms with Crippen molar-refractivity contribution >= 4 is 5.97 Å². The molecule has 0 saturated carbocycles. The lowest BCUT2D eigenvalue weighted by atomic mass is 9.99. The molecular weight excluding hydrogens is 721 g/mol. The summed E-state index contributed by atoms with van der Waals surface area (Å²) in [6.07, 6.45) is 41.5. The van der Waals surface area contributed by atoms with Crippen molar-refractivity contribution in [1.82, 2.24) is 0 Å². The standard InChI is InChI=1S/C48H86O9/c1-3-5-7-9-11-13-14-15-16-17-18-19-20-21-22-23-24-25-26-27-28-29-31-33-35-37-44(50)56-42(40-54-38-36-34-32-30-12-10-8-6-4-2)41-55-48-47(53)46(52)45(51)43(39-49)57-48/h5,7,11,13,15-16,18-19,42-43,45-49,51-53H,3-4,6,8-10,12,14,17,20-41H2,1-2H3/b7-5-,13-11-,16-15-,19-18-. The van der Waals surface area contributed by atoms with Gasteiger partial charge in [-0.1, -0.05) is 178 Å². The van der Waals surface area contributed by atoms with Gasteiger partial charge in [-0.3, -0.25) is 4.79 Å². The van der Waals surface area contributed by atoms with E-state index in [0.717, 1.165) is 57.8 Å². The summed E-state index contributed by atoms with van der Waals surface area (Å²) in [6.45, 7) is 4.43. The van der Waals surface area contributed by atoms with Crippen LogP contribution in [0.5, 0.6) is 0 Å². The van der Waals surface area contributed by atoms with Crippen molar-refractivity contribution in [3.05, 3.63) is 48.6 Å². The third-order valence-corrected chi connectivity index (χ3v) is 10.5. The molecule has 0 radical (unpaired) electrons. The Bertz CT molecular complexity index is 1010. The second-order valence-electron chi connectivity index (χ2n) is 15.8.